The highest BCUT2D eigenvalue weighted by molar-refractivity contribution is 7.11. The van der Waals surface area contributed by atoms with Crippen LogP contribution in [0.4, 0.5) is 11.6 Å². The number of benzene rings is 1. The predicted molar refractivity (Wildman–Crippen MR) is 153 cm³/mol. The van der Waals surface area contributed by atoms with E-state index in [2.05, 4.69) is 44.8 Å². The highest BCUT2D eigenvalue weighted by atomic mass is 32.1. The van der Waals surface area contributed by atoms with E-state index in [0.717, 1.165) is 76.6 Å². The first-order chi connectivity index (χ1) is 19.4. The van der Waals surface area contributed by atoms with Gasteiger partial charge in [0.15, 0.2) is 0 Å². The molecule has 1 aliphatic carbocycles. The smallest absolute Gasteiger partial charge is 0.227 e. The van der Waals surface area contributed by atoms with Crippen LogP contribution in [0.5, 0.6) is 0 Å². The Balaban J connectivity index is 1.40. The number of rotatable bonds is 4. The fraction of sp³-hybridized carbons (Fsp3) is 0.379. The van der Waals surface area contributed by atoms with Gasteiger partial charge in [0, 0.05) is 29.3 Å². The number of hydrogen-bond donors (Lipinski definition) is 1. The van der Waals surface area contributed by atoms with Gasteiger partial charge in [-0.1, -0.05) is 11.2 Å². The molecule has 2 atom stereocenters. The average molecular weight is 555 g/mol. The summed E-state index contributed by atoms with van der Waals surface area (Å²) in [7, 11) is 0. The summed E-state index contributed by atoms with van der Waals surface area (Å²) in [5, 5.41) is 5.26. The van der Waals surface area contributed by atoms with Crippen LogP contribution in [-0.2, 0) is 17.6 Å². The van der Waals surface area contributed by atoms with Gasteiger partial charge in [0.2, 0.25) is 11.9 Å². The van der Waals surface area contributed by atoms with Gasteiger partial charge in [-0.2, -0.15) is 0 Å². The second kappa shape index (κ2) is 9.51. The molecule has 1 saturated heterocycles. The molecule has 11 heteroatoms. The van der Waals surface area contributed by atoms with Gasteiger partial charge in [0.05, 0.1) is 51.6 Å². The van der Waals surface area contributed by atoms with Crippen LogP contribution in [0.3, 0.4) is 0 Å². The fourth-order valence-corrected chi connectivity index (χ4v) is 7.44. The van der Waals surface area contributed by atoms with Crippen molar-refractivity contribution in [3.63, 3.8) is 0 Å². The highest BCUT2D eigenvalue weighted by Gasteiger charge is 2.37. The molecule has 40 heavy (non-hydrogen) atoms. The minimum Gasteiger partial charge on any atom is -0.368 e. The quantitative estimate of drug-likeness (QED) is 0.311. The van der Waals surface area contributed by atoms with Gasteiger partial charge >= 0.3 is 0 Å². The average Bonchev–Trinajstić information content (AvgIpc) is 3.61. The Bertz CT molecular complexity index is 1730. The molecule has 1 aromatic carbocycles. The molecule has 5 aromatic rings. The van der Waals surface area contributed by atoms with E-state index in [1.54, 1.807) is 23.7 Å². The second-order valence-electron chi connectivity index (χ2n) is 10.7. The number of imidazole rings is 1. The Morgan fingerprint density at radius 2 is 1.90 bits per heavy atom. The lowest BCUT2D eigenvalue weighted by Gasteiger charge is -2.36. The van der Waals surface area contributed by atoms with Gasteiger partial charge in [0.1, 0.15) is 11.6 Å². The van der Waals surface area contributed by atoms with Gasteiger partial charge in [-0.15, -0.1) is 11.3 Å². The van der Waals surface area contributed by atoms with Crippen molar-refractivity contribution in [1.82, 2.24) is 29.7 Å². The van der Waals surface area contributed by atoms with Crippen molar-refractivity contribution < 1.29 is 9.32 Å². The number of hydrogen-bond acceptors (Lipinski definition) is 9. The molecule has 0 bridgehead atoms. The van der Waals surface area contributed by atoms with Crippen molar-refractivity contribution in [2.75, 3.05) is 10.6 Å². The van der Waals surface area contributed by atoms with Crippen molar-refractivity contribution in [1.29, 1.82) is 0 Å². The Labute approximate surface area is 235 Å². The summed E-state index contributed by atoms with van der Waals surface area (Å²) < 4.78 is 7.84. The third kappa shape index (κ3) is 4.07. The summed E-state index contributed by atoms with van der Waals surface area (Å²) in [6, 6.07) is 6.36. The zero-order valence-electron chi connectivity index (χ0n) is 22.7. The van der Waals surface area contributed by atoms with Crippen LogP contribution >= 0.6 is 11.3 Å². The zero-order chi connectivity index (χ0) is 27.5. The van der Waals surface area contributed by atoms with E-state index in [4.69, 9.17) is 20.2 Å². The third-order valence-electron chi connectivity index (χ3n) is 8.11. The lowest BCUT2D eigenvalue weighted by Crippen LogP contribution is -2.40. The molecule has 1 amide bonds. The first-order valence-corrected chi connectivity index (χ1v) is 14.5. The van der Waals surface area contributed by atoms with Gasteiger partial charge < -0.3 is 14.8 Å². The topological polar surface area (TPSA) is 129 Å². The van der Waals surface area contributed by atoms with Crippen LogP contribution in [-0.4, -0.2) is 35.6 Å². The molecule has 2 N–H and O–H groups in total. The fourth-order valence-electron chi connectivity index (χ4n) is 6.39. The van der Waals surface area contributed by atoms with E-state index < -0.39 is 0 Å². The minimum absolute atomic E-state index is 0.0450. The lowest BCUT2D eigenvalue weighted by atomic mass is 9.95. The molecule has 1 aliphatic heterocycles. The maximum Gasteiger partial charge on any atom is 0.227 e. The van der Waals surface area contributed by atoms with Gasteiger partial charge in [-0.25, -0.2) is 19.9 Å². The number of nitrogen functional groups attached to an aromatic ring is 1. The van der Waals surface area contributed by atoms with E-state index in [1.807, 2.05) is 18.7 Å². The number of fused-ring (bicyclic) bond motifs is 2. The number of nitrogens with two attached hydrogens (primary N) is 1. The van der Waals surface area contributed by atoms with E-state index in [1.165, 1.54) is 10.6 Å². The van der Waals surface area contributed by atoms with Crippen LogP contribution < -0.4 is 10.6 Å². The first kappa shape index (κ1) is 24.9. The Morgan fingerprint density at radius 1 is 1.07 bits per heavy atom. The molecule has 0 radical (unpaired) electrons. The molecule has 5 heterocycles. The number of amides is 1. The van der Waals surface area contributed by atoms with Crippen molar-refractivity contribution in [2.24, 2.45) is 0 Å². The van der Waals surface area contributed by atoms with Crippen LogP contribution in [0.25, 0.3) is 22.2 Å². The SMILES string of the molecule is Cc1nc2c(s1)CC(n1c(C3CCCC(=O)N3c3cnc(N)nc3)nc3cc(-c4c(C)noc4C)ccc31)CC2. The third-order valence-corrected chi connectivity index (χ3v) is 9.14. The summed E-state index contributed by atoms with van der Waals surface area (Å²) in [4.78, 5) is 35.0. The van der Waals surface area contributed by atoms with Gasteiger partial charge in [-0.3, -0.25) is 9.69 Å². The minimum atomic E-state index is -0.243. The molecule has 2 aliphatic rings. The monoisotopic (exact) mass is 554 g/mol. The van der Waals surface area contributed by atoms with Crippen LogP contribution in [0.2, 0.25) is 0 Å². The van der Waals surface area contributed by atoms with Crippen LogP contribution in [0.1, 0.15) is 70.6 Å². The molecule has 10 nitrogen and oxygen atoms in total. The summed E-state index contributed by atoms with van der Waals surface area (Å²) in [5.41, 5.74) is 12.5. The maximum atomic E-state index is 13.4. The lowest BCUT2D eigenvalue weighted by molar-refractivity contribution is -0.120. The largest absolute Gasteiger partial charge is 0.368 e. The number of anilines is 2. The van der Waals surface area contributed by atoms with Crippen molar-refractivity contribution in [3.8, 4) is 11.1 Å². The summed E-state index contributed by atoms with van der Waals surface area (Å²) in [6.45, 7) is 5.96. The van der Waals surface area contributed by atoms with Gasteiger partial charge in [-0.05, 0) is 64.2 Å². The zero-order valence-corrected chi connectivity index (χ0v) is 23.5. The van der Waals surface area contributed by atoms with Gasteiger partial charge in [0.25, 0.3) is 0 Å². The molecule has 4 aromatic heterocycles. The number of thiazole rings is 1. The molecule has 0 saturated carbocycles. The molecule has 204 valence electrons. The normalized spacial score (nSPS) is 19.4. The molecule has 1 fully saturated rings. The second-order valence-corrected chi connectivity index (χ2v) is 12.0. The van der Waals surface area contributed by atoms with E-state index in [0.29, 0.717) is 12.1 Å². The van der Waals surface area contributed by atoms with E-state index >= 15 is 0 Å². The number of carbonyl (C=O) groups is 1. The number of aryl methyl sites for hydroxylation is 4. The van der Waals surface area contributed by atoms with E-state index in [-0.39, 0.29) is 23.9 Å². The maximum absolute atomic E-state index is 13.4. The molecule has 7 rings (SSSR count). The Hall–Kier alpha value is -4.12. The molecular weight excluding hydrogens is 524 g/mol. The number of aromatic nitrogens is 6. The number of nitrogens with zero attached hydrogens (tertiary/aromatic N) is 7. The summed E-state index contributed by atoms with van der Waals surface area (Å²) in [6.07, 6.45) is 8.13. The van der Waals surface area contributed by atoms with Crippen molar-refractivity contribution >= 4 is 39.9 Å². The number of piperidine rings is 1. The van der Waals surface area contributed by atoms with Crippen molar-refractivity contribution in [3.05, 3.63) is 63.5 Å². The Morgan fingerprint density at radius 3 is 2.67 bits per heavy atom. The molecular formula is C29H30N8O2S. The molecule has 0 spiro atoms. The Kier molecular flexibility index (Phi) is 5.92. The van der Waals surface area contributed by atoms with Crippen LogP contribution in [0.15, 0.2) is 35.1 Å². The molecule has 2 unspecified atom stereocenters. The predicted octanol–water partition coefficient (Wildman–Crippen LogP) is 5.43. The summed E-state index contributed by atoms with van der Waals surface area (Å²) in [5.74, 6) is 1.90. The van der Waals surface area contributed by atoms with E-state index in [9.17, 15) is 4.79 Å². The number of carbonyl (C=O) groups excluding carboxylic acids is 1. The van der Waals surface area contributed by atoms with Crippen molar-refractivity contribution in [2.45, 2.75) is 71.4 Å². The standard InChI is InChI=1S/C29H30N8O2S/c1-15-27(16(2)39-35-15)18-7-10-23-22(11-18)34-28(37(23)19-8-9-21-25(12-19)40-17(3)33-21)24-5-4-6-26(38)36(24)20-13-31-29(30)32-14-20/h7,10-11,13-14,19,24H,4-6,8-9,12H2,1-3H3,(H2,30,31,32). The van der Waals surface area contributed by atoms with Crippen LogP contribution in [0, 0.1) is 20.8 Å². The first-order valence-electron chi connectivity index (χ1n) is 13.7. The summed E-state index contributed by atoms with van der Waals surface area (Å²) >= 11 is 1.79. The highest BCUT2D eigenvalue weighted by Crippen LogP contribution is 2.42.